The van der Waals surface area contributed by atoms with Gasteiger partial charge >= 0.3 is 0 Å². The summed E-state index contributed by atoms with van der Waals surface area (Å²) in [7, 11) is 0. The minimum absolute atomic E-state index is 0.0445. The quantitative estimate of drug-likeness (QED) is 0.692. The largest absolute Gasteiger partial charge is 0.370 e. The molecular formula is C13H18O2. The van der Waals surface area contributed by atoms with E-state index in [1.165, 1.54) is 0 Å². The Hall–Kier alpha value is -1.15. The third-order valence-electron chi connectivity index (χ3n) is 2.51. The Kier molecular flexibility index (Phi) is 4.50. The summed E-state index contributed by atoms with van der Waals surface area (Å²) < 4.78 is 5.47. The van der Waals surface area contributed by atoms with Crippen LogP contribution in [0.4, 0.5) is 0 Å². The van der Waals surface area contributed by atoms with Gasteiger partial charge in [0.1, 0.15) is 6.61 Å². The molecule has 0 bridgehead atoms. The molecule has 2 nitrogen and oxygen atoms in total. The predicted molar refractivity (Wildman–Crippen MR) is 61.0 cm³/mol. The first-order chi connectivity index (χ1) is 7.11. The number of benzene rings is 1. The molecule has 0 radical (unpaired) electrons. The molecule has 1 rings (SSSR count). The lowest BCUT2D eigenvalue weighted by molar-refractivity contribution is 0.0336. The number of ether oxygens (including phenoxy) is 1. The van der Waals surface area contributed by atoms with Crippen LogP contribution in [-0.2, 0) is 4.74 Å². The van der Waals surface area contributed by atoms with E-state index >= 15 is 0 Å². The summed E-state index contributed by atoms with van der Waals surface area (Å²) in [6, 6.07) is 9.24. The van der Waals surface area contributed by atoms with Crippen molar-refractivity contribution in [1.82, 2.24) is 0 Å². The molecule has 2 heteroatoms. The van der Waals surface area contributed by atoms with Gasteiger partial charge in [-0.1, -0.05) is 44.2 Å². The molecule has 0 aliphatic rings. The maximum absolute atomic E-state index is 11.6. The van der Waals surface area contributed by atoms with Crippen molar-refractivity contribution in [1.29, 1.82) is 0 Å². The van der Waals surface area contributed by atoms with Crippen molar-refractivity contribution < 1.29 is 9.53 Å². The minimum atomic E-state index is 0.0445. The van der Waals surface area contributed by atoms with Crippen LogP contribution in [0.1, 0.15) is 31.1 Å². The first-order valence-electron chi connectivity index (χ1n) is 5.31. The number of hydrogen-bond donors (Lipinski definition) is 0. The molecule has 1 unspecified atom stereocenters. The van der Waals surface area contributed by atoms with Crippen LogP contribution < -0.4 is 0 Å². The second kappa shape index (κ2) is 5.66. The van der Waals surface area contributed by atoms with Crippen LogP contribution in [0.5, 0.6) is 0 Å². The number of carbonyl (C=O) groups excluding carboxylic acids is 1. The monoisotopic (exact) mass is 206 g/mol. The first kappa shape index (κ1) is 11.9. The van der Waals surface area contributed by atoms with E-state index in [9.17, 15) is 4.79 Å². The zero-order valence-corrected chi connectivity index (χ0v) is 9.57. The number of Topliss-reactive ketones (excluding diaryl/α,β-unsaturated/α-hetero) is 1. The van der Waals surface area contributed by atoms with Crippen molar-refractivity contribution in [3.05, 3.63) is 35.9 Å². The summed E-state index contributed by atoms with van der Waals surface area (Å²) >= 11 is 0. The van der Waals surface area contributed by atoms with Crippen molar-refractivity contribution in [2.45, 2.75) is 26.9 Å². The van der Waals surface area contributed by atoms with Gasteiger partial charge in [0.05, 0.1) is 6.10 Å². The lowest BCUT2D eigenvalue weighted by Gasteiger charge is -2.15. The Morgan fingerprint density at radius 1 is 1.20 bits per heavy atom. The molecular weight excluding hydrogens is 188 g/mol. The van der Waals surface area contributed by atoms with Gasteiger partial charge in [0.2, 0.25) is 0 Å². The van der Waals surface area contributed by atoms with Crippen molar-refractivity contribution in [2.24, 2.45) is 5.92 Å². The van der Waals surface area contributed by atoms with Gasteiger partial charge < -0.3 is 4.74 Å². The molecule has 1 aromatic carbocycles. The summed E-state index contributed by atoms with van der Waals surface area (Å²) in [5.41, 5.74) is 0.716. The molecule has 0 N–H and O–H groups in total. The number of rotatable bonds is 5. The van der Waals surface area contributed by atoms with Crippen LogP contribution in [0.15, 0.2) is 30.3 Å². The Labute approximate surface area is 91.3 Å². The average molecular weight is 206 g/mol. The normalized spacial score (nSPS) is 12.8. The molecule has 0 saturated carbocycles. The molecule has 0 aliphatic carbocycles. The smallest absolute Gasteiger partial charge is 0.188 e. The van der Waals surface area contributed by atoms with E-state index in [4.69, 9.17) is 4.74 Å². The van der Waals surface area contributed by atoms with E-state index in [1.54, 1.807) is 0 Å². The Morgan fingerprint density at radius 2 is 1.80 bits per heavy atom. The van der Waals surface area contributed by atoms with Crippen LogP contribution in [0, 0.1) is 5.92 Å². The highest BCUT2D eigenvalue weighted by Gasteiger charge is 2.10. The van der Waals surface area contributed by atoms with Gasteiger partial charge in [0, 0.05) is 5.56 Å². The fraction of sp³-hybridized carbons (Fsp3) is 0.462. The molecule has 15 heavy (non-hydrogen) atoms. The Balaban J connectivity index is 2.44. The van der Waals surface area contributed by atoms with E-state index in [2.05, 4.69) is 13.8 Å². The Morgan fingerprint density at radius 3 is 2.33 bits per heavy atom. The number of hydrogen-bond acceptors (Lipinski definition) is 2. The maximum atomic E-state index is 11.6. The molecule has 0 fully saturated rings. The van der Waals surface area contributed by atoms with Crippen LogP contribution >= 0.6 is 0 Å². The molecule has 82 valence electrons. The number of carbonyl (C=O) groups is 1. The van der Waals surface area contributed by atoms with E-state index in [0.29, 0.717) is 11.5 Å². The Bertz CT molecular complexity index is 304. The van der Waals surface area contributed by atoms with Gasteiger partial charge in [-0.05, 0) is 12.8 Å². The highest BCUT2D eigenvalue weighted by Crippen LogP contribution is 2.07. The summed E-state index contributed by atoms with van der Waals surface area (Å²) in [4.78, 5) is 11.6. The highest BCUT2D eigenvalue weighted by atomic mass is 16.5. The maximum Gasteiger partial charge on any atom is 0.188 e. The van der Waals surface area contributed by atoms with Crippen molar-refractivity contribution in [3.63, 3.8) is 0 Å². The molecule has 0 heterocycles. The van der Waals surface area contributed by atoms with Crippen molar-refractivity contribution in [2.75, 3.05) is 6.61 Å². The third kappa shape index (κ3) is 3.84. The zero-order valence-electron chi connectivity index (χ0n) is 9.57. The van der Waals surface area contributed by atoms with Crippen molar-refractivity contribution in [3.8, 4) is 0 Å². The summed E-state index contributed by atoms with van der Waals surface area (Å²) in [5.74, 6) is 0.483. The molecule has 0 amide bonds. The van der Waals surface area contributed by atoms with Crippen LogP contribution in [0.25, 0.3) is 0 Å². The first-order valence-corrected chi connectivity index (χ1v) is 5.31. The summed E-state index contributed by atoms with van der Waals surface area (Å²) in [6.07, 6.45) is 0.123. The molecule has 0 saturated heterocycles. The van der Waals surface area contributed by atoms with Crippen LogP contribution in [0.2, 0.25) is 0 Å². The van der Waals surface area contributed by atoms with Gasteiger partial charge in [-0.2, -0.15) is 0 Å². The fourth-order valence-electron chi connectivity index (χ4n) is 1.11. The van der Waals surface area contributed by atoms with E-state index in [0.717, 1.165) is 0 Å². The summed E-state index contributed by atoms with van der Waals surface area (Å²) in [5, 5.41) is 0. The third-order valence-corrected chi connectivity index (χ3v) is 2.51. The molecule has 0 aromatic heterocycles. The lowest BCUT2D eigenvalue weighted by Crippen LogP contribution is -2.20. The molecule has 0 aliphatic heterocycles. The average Bonchev–Trinajstić information content (AvgIpc) is 2.26. The zero-order chi connectivity index (χ0) is 11.3. The summed E-state index contributed by atoms with van der Waals surface area (Å²) in [6.45, 7) is 6.32. The highest BCUT2D eigenvalue weighted by molar-refractivity contribution is 5.96. The second-order valence-corrected chi connectivity index (χ2v) is 4.05. The standard InChI is InChI=1S/C13H18O2/c1-10(2)11(3)15-9-13(14)12-7-5-4-6-8-12/h4-8,10-11H,9H2,1-3H3. The van der Waals surface area contributed by atoms with Gasteiger partial charge in [-0.25, -0.2) is 0 Å². The minimum Gasteiger partial charge on any atom is -0.370 e. The van der Waals surface area contributed by atoms with Gasteiger partial charge in [0.15, 0.2) is 5.78 Å². The van der Waals surface area contributed by atoms with Gasteiger partial charge in [0.25, 0.3) is 0 Å². The van der Waals surface area contributed by atoms with Gasteiger partial charge in [-0.3, -0.25) is 4.79 Å². The SMILES string of the molecule is CC(C)C(C)OCC(=O)c1ccccc1. The lowest BCUT2D eigenvalue weighted by atomic mass is 10.1. The van der Waals surface area contributed by atoms with E-state index in [1.807, 2.05) is 37.3 Å². The topological polar surface area (TPSA) is 26.3 Å². The molecule has 0 spiro atoms. The van der Waals surface area contributed by atoms with E-state index < -0.39 is 0 Å². The molecule has 1 aromatic rings. The van der Waals surface area contributed by atoms with Crippen LogP contribution in [-0.4, -0.2) is 18.5 Å². The van der Waals surface area contributed by atoms with Crippen molar-refractivity contribution >= 4 is 5.78 Å². The van der Waals surface area contributed by atoms with Gasteiger partial charge in [-0.15, -0.1) is 0 Å². The fourth-order valence-corrected chi connectivity index (χ4v) is 1.11. The second-order valence-electron chi connectivity index (χ2n) is 4.05. The van der Waals surface area contributed by atoms with E-state index in [-0.39, 0.29) is 18.5 Å². The number of ketones is 1. The van der Waals surface area contributed by atoms with Crippen LogP contribution in [0.3, 0.4) is 0 Å². The molecule has 1 atom stereocenters. The predicted octanol–water partition coefficient (Wildman–Crippen LogP) is 2.93.